The smallest absolute Gasteiger partial charge is 0.236 e. The Morgan fingerprint density at radius 1 is 1.24 bits per heavy atom. The minimum atomic E-state index is -3.50. The Labute approximate surface area is 150 Å². The summed E-state index contributed by atoms with van der Waals surface area (Å²) in [5.74, 6) is 0.942. The van der Waals surface area contributed by atoms with Crippen LogP contribution in [-0.2, 0) is 14.8 Å². The summed E-state index contributed by atoms with van der Waals surface area (Å²) in [6.45, 7) is 5.89. The molecule has 1 amide bonds. The topological polar surface area (TPSA) is 75.7 Å². The van der Waals surface area contributed by atoms with Gasteiger partial charge in [0.1, 0.15) is 5.75 Å². The lowest BCUT2D eigenvalue weighted by atomic mass is 10.1. The second kappa shape index (κ2) is 8.08. The van der Waals surface area contributed by atoms with Crippen LogP contribution < -0.4 is 14.4 Å². The monoisotopic (exact) mass is 368 g/mol. The molecule has 2 rings (SSSR count). The molecule has 0 heterocycles. The quantitative estimate of drug-likeness (QED) is 0.726. The molecule has 1 fully saturated rings. The average molecular weight is 368 g/mol. The van der Waals surface area contributed by atoms with Gasteiger partial charge in [-0.05, 0) is 56.9 Å². The van der Waals surface area contributed by atoms with Gasteiger partial charge in [0.2, 0.25) is 15.9 Å². The van der Waals surface area contributed by atoms with E-state index in [1.165, 1.54) is 11.4 Å². The number of hydrogen-bond donors (Lipinski definition) is 1. The van der Waals surface area contributed by atoms with Crippen molar-refractivity contribution in [3.8, 4) is 5.75 Å². The van der Waals surface area contributed by atoms with Gasteiger partial charge in [-0.25, -0.2) is 8.42 Å². The summed E-state index contributed by atoms with van der Waals surface area (Å²) in [6.07, 6.45) is 2.24. The van der Waals surface area contributed by atoms with Gasteiger partial charge in [0.25, 0.3) is 0 Å². The molecule has 140 valence electrons. The highest BCUT2D eigenvalue weighted by Gasteiger charge is 2.32. The Balaban J connectivity index is 1.88. The first-order valence-corrected chi connectivity index (χ1v) is 10.3. The number of benzene rings is 1. The normalized spacial score (nSPS) is 15.7. The van der Waals surface area contributed by atoms with Crippen LogP contribution in [0.5, 0.6) is 5.75 Å². The van der Waals surface area contributed by atoms with Gasteiger partial charge in [0, 0.05) is 19.5 Å². The van der Waals surface area contributed by atoms with Gasteiger partial charge in [-0.3, -0.25) is 9.10 Å². The summed E-state index contributed by atoms with van der Waals surface area (Å²) in [5.41, 5.74) is 0.564. The van der Waals surface area contributed by atoms with E-state index in [1.54, 1.807) is 24.3 Å². The van der Waals surface area contributed by atoms with E-state index in [1.807, 2.05) is 20.8 Å². The molecule has 1 aliphatic carbocycles. The number of nitrogens with one attached hydrogen (secondary N) is 1. The fourth-order valence-corrected chi connectivity index (χ4v) is 3.66. The molecule has 1 aliphatic rings. The number of carbonyl (C=O) groups excluding carboxylic acids is 1. The van der Waals surface area contributed by atoms with Gasteiger partial charge < -0.3 is 10.1 Å². The van der Waals surface area contributed by atoms with E-state index < -0.39 is 10.0 Å². The molecule has 1 N–H and O–H groups in total. The molecule has 0 saturated heterocycles. The molecule has 0 aliphatic heterocycles. The summed E-state index contributed by atoms with van der Waals surface area (Å²) >= 11 is 0. The first-order valence-electron chi connectivity index (χ1n) is 8.71. The van der Waals surface area contributed by atoms with E-state index in [0.717, 1.165) is 12.8 Å². The van der Waals surface area contributed by atoms with Crippen molar-refractivity contribution in [3.63, 3.8) is 0 Å². The third-order valence-electron chi connectivity index (χ3n) is 4.39. The molecule has 0 radical (unpaired) electrons. The van der Waals surface area contributed by atoms with E-state index in [-0.39, 0.29) is 30.2 Å². The lowest BCUT2D eigenvalue weighted by molar-refractivity contribution is -0.124. The molecule has 6 nitrogen and oxygen atoms in total. The number of hydrogen-bond acceptors (Lipinski definition) is 4. The third kappa shape index (κ3) is 5.63. The van der Waals surface area contributed by atoms with Crippen LogP contribution >= 0.6 is 0 Å². The lowest BCUT2D eigenvalue weighted by Gasteiger charge is -2.20. The van der Waals surface area contributed by atoms with Crippen LogP contribution in [0.2, 0.25) is 0 Å². The molecule has 25 heavy (non-hydrogen) atoms. The Hall–Kier alpha value is -1.76. The zero-order valence-electron chi connectivity index (χ0n) is 15.4. The number of anilines is 1. The van der Waals surface area contributed by atoms with Crippen LogP contribution in [0.15, 0.2) is 24.3 Å². The van der Waals surface area contributed by atoms with Crippen molar-refractivity contribution in [2.45, 2.75) is 39.7 Å². The van der Waals surface area contributed by atoms with Crippen LogP contribution in [0.25, 0.3) is 0 Å². The highest BCUT2D eigenvalue weighted by atomic mass is 32.2. The zero-order chi connectivity index (χ0) is 18.6. The summed E-state index contributed by atoms with van der Waals surface area (Å²) < 4.78 is 31.7. The molecule has 0 bridgehead atoms. The van der Waals surface area contributed by atoms with Crippen molar-refractivity contribution in [1.29, 1.82) is 0 Å². The molecule has 0 aromatic heterocycles. The van der Waals surface area contributed by atoms with Gasteiger partial charge in [0.05, 0.1) is 17.5 Å². The van der Waals surface area contributed by atoms with Crippen LogP contribution in [0.3, 0.4) is 0 Å². The number of nitrogens with zero attached hydrogens (tertiary/aromatic N) is 1. The molecule has 1 unspecified atom stereocenters. The fraction of sp³-hybridized carbons (Fsp3) is 0.611. The fourth-order valence-electron chi connectivity index (χ4n) is 2.58. The van der Waals surface area contributed by atoms with E-state index in [4.69, 9.17) is 4.74 Å². The van der Waals surface area contributed by atoms with Crippen LogP contribution in [0, 0.1) is 11.8 Å². The van der Waals surface area contributed by atoms with Crippen LogP contribution in [0.1, 0.15) is 33.6 Å². The minimum absolute atomic E-state index is 0.0334. The third-order valence-corrected chi connectivity index (χ3v) is 6.16. The van der Waals surface area contributed by atoms with Gasteiger partial charge in [0.15, 0.2) is 0 Å². The lowest BCUT2D eigenvalue weighted by Crippen LogP contribution is -2.37. The summed E-state index contributed by atoms with van der Waals surface area (Å²) in [7, 11) is -1.98. The maximum atomic E-state index is 12.4. The molecule has 1 aromatic rings. The molecule has 1 saturated carbocycles. The van der Waals surface area contributed by atoms with Crippen LogP contribution in [-0.4, -0.2) is 39.8 Å². The molecular weight excluding hydrogens is 340 g/mol. The summed E-state index contributed by atoms with van der Waals surface area (Å²) in [6, 6.07) is 6.92. The number of amides is 1. The summed E-state index contributed by atoms with van der Waals surface area (Å²) in [4.78, 5) is 11.9. The Kier molecular flexibility index (Phi) is 6.32. The van der Waals surface area contributed by atoms with E-state index in [2.05, 4.69) is 5.32 Å². The molecule has 1 aromatic carbocycles. The predicted octanol–water partition coefficient (Wildman–Crippen LogP) is 2.40. The van der Waals surface area contributed by atoms with Crippen molar-refractivity contribution in [2.24, 2.45) is 11.8 Å². The largest absolute Gasteiger partial charge is 0.491 e. The maximum Gasteiger partial charge on any atom is 0.236 e. The van der Waals surface area contributed by atoms with Crippen molar-refractivity contribution >= 4 is 21.6 Å². The predicted molar refractivity (Wildman–Crippen MR) is 99.3 cm³/mol. The molecule has 0 spiro atoms. The molecular formula is C18H28N2O4S. The molecule has 7 heteroatoms. The Bertz CT molecular complexity index is 682. The summed E-state index contributed by atoms with van der Waals surface area (Å²) in [5, 5.41) is 2.73. The first-order chi connectivity index (χ1) is 11.7. The Morgan fingerprint density at radius 2 is 1.84 bits per heavy atom. The standard InChI is InChI=1S/C18H28N2O4S/c1-13(2)24-17-9-7-16(8-10-17)20(4)25(22,23)12-11-19-18(21)14(3)15-5-6-15/h7-10,13-15H,5-6,11-12H2,1-4H3,(H,19,21). The highest BCUT2D eigenvalue weighted by Crippen LogP contribution is 2.36. The zero-order valence-corrected chi connectivity index (χ0v) is 16.2. The van der Waals surface area contributed by atoms with Gasteiger partial charge in [-0.2, -0.15) is 0 Å². The average Bonchev–Trinajstić information content (AvgIpc) is 3.38. The number of rotatable bonds is 9. The maximum absolute atomic E-state index is 12.4. The van der Waals surface area contributed by atoms with Gasteiger partial charge >= 0.3 is 0 Å². The second-order valence-corrected chi connectivity index (χ2v) is 8.98. The SMILES string of the molecule is CC(C)Oc1ccc(N(C)S(=O)(=O)CCNC(=O)C(C)C2CC2)cc1. The second-order valence-electron chi connectivity index (χ2n) is 6.86. The first kappa shape index (κ1) is 19.6. The molecule has 1 atom stereocenters. The number of carbonyl (C=O) groups is 1. The van der Waals surface area contributed by atoms with Crippen molar-refractivity contribution < 1.29 is 17.9 Å². The van der Waals surface area contributed by atoms with E-state index in [0.29, 0.717) is 17.4 Å². The highest BCUT2D eigenvalue weighted by molar-refractivity contribution is 7.92. The van der Waals surface area contributed by atoms with E-state index >= 15 is 0 Å². The Morgan fingerprint density at radius 3 is 2.36 bits per heavy atom. The van der Waals surface area contributed by atoms with Gasteiger partial charge in [-0.15, -0.1) is 0 Å². The van der Waals surface area contributed by atoms with Gasteiger partial charge in [-0.1, -0.05) is 6.92 Å². The number of ether oxygens (including phenoxy) is 1. The van der Waals surface area contributed by atoms with Crippen molar-refractivity contribution in [1.82, 2.24) is 5.32 Å². The van der Waals surface area contributed by atoms with Crippen LogP contribution in [0.4, 0.5) is 5.69 Å². The van der Waals surface area contributed by atoms with Crippen molar-refractivity contribution in [3.05, 3.63) is 24.3 Å². The number of sulfonamides is 1. The minimum Gasteiger partial charge on any atom is -0.491 e. The van der Waals surface area contributed by atoms with Crippen molar-refractivity contribution in [2.75, 3.05) is 23.7 Å². The van der Waals surface area contributed by atoms with E-state index in [9.17, 15) is 13.2 Å².